The van der Waals surface area contributed by atoms with Crippen LogP contribution in [0.3, 0.4) is 0 Å². The van der Waals surface area contributed by atoms with Crippen LogP contribution < -0.4 is 5.32 Å². The number of fused-ring (bicyclic) bond motifs is 2. The van der Waals surface area contributed by atoms with Crippen molar-refractivity contribution in [2.24, 2.45) is 5.92 Å². The minimum Gasteiger partial charge on any atom is -0.349 e. The van der Waals surface area contributed by atoms with E-state index in [1.807, 2.05) is 6.92 Å². The predicted octanol–water partition coefficient (Wildman–Crippen LogP) is 5.95. The molecule has 2 aliphatic heterocycles. The molecule has 1 aromatic heterocycles. The quantitative estimate of drug-likeness (QED) is 0.466. The van der Waals surface area contributed by atoms with Gasteiger partial charge in [0.2, 0.25) is 11.8 Å². The van der Waals surface area contributed by atoms with Crippen LogP contribution in [-0.4, -0.2) is 50.1 Å². The highest BCUT2D eigenvalue weighted by Gasteiger charge is 2.42. The Hall–Kier alpha value is -2.35. The van der Waals surface area contributed by atoms with Crippen molar-refractivity contribution in [3.8, 4) is 0 Å². The van der Waals surface area contributed by atoms with Gasteiger partial charge in [-0.2, -0.15) is 0 Å². The SMILES string of the molecule is [2H]C1([2H])C(C(=O)NC(CCN2C3CCC2CC(n2c(C)nnc2C(C)C)C3)c2ccccc2)C([2H])([2H])C([2H])([2H])C(F)(F)C1([2H])[2H]. The molecule has 1 N–H and O–H groups in total. The van der Waals surface area contributed by atoms with E-state index in [4.69, 9.17) is 11.0 Å². The first-order chi connectivity index (χ1) is 20.8. The molecule has 3 heterocycles. The van der Waals surface area contributed by atoms with Gasteiger partial charge in [-0.05, 0) is 57.3 Å². The Balaban J connectivity index is 1.37. The van der Waals surface area contributed by atoms with E-state index in [-0.39, 0.29) is 24.0 Å². The number of benzene rings is 1. The maximum Gasteiger partial charge on any atom is 0.248 e. The van der Waals surface area contributed by atoms with E-state index in [2.05, 4.69) is 38.8 Å². The average Bonchev–Trinajstić information content (AvgIpc) is 3.45. The molecule has 6 nitrogen and oxygen atoms in total. The van der Waals surface area contributed by atoms with E-state index in [1.165, 1.54) is 0 Å². The molecule has 202 valence electrons. The first-order valence-corrected chi connectivity index (χ1v) is 13.2. The molecule has 3 fully saturated rings. The van der Waals surface area contributed by atoms with Gasteiger partial charge in [-0.25, -0.2) is 8.78 Å². The van der Waals surface area contributed by atoms with Crippen molar-refractivity contribution in [2.75, 3.05) is 6.54 Å². The Kier molecular flexibility index (Phi) is 5.26. The van der Waals surface area contributed by atoms with Gasteiger partial charge in [0.25, 0.3) is 0 Å². The van der Waals surface area contributed by atoms with Gasteiger partial charge in [0.1, 0.15) is 11.6 Å². The number of nitrogens with one attached hydrogen (secondary N) is 1. The Morgan fingerprint density at radius 1 is 1.11 bits per heavy atom. The normalized spacial score (nSPS) is 35.6. The number of hydrogen-bond donors (Lipinski definition) is 1. The first kappa shape index (κ1) is 18.0. The van der Waals surface area contributed by atoms with Crippen LogP contribution in [0.4, 0.5) is 8.78 Å². The second-order valence-corrected chi connectivity index (χ2v) is 10.7. The van der Waals surface area contributed by atoms with Crippen LogP contribution in [0.15, 0.2) is 30.3 Å². The predicted molar refractivity (Wildman–Crippen MR) is 139 cm³/mol. The maximum absolute atomic E-state index is 14.9. The molecule has 1 amide bonds. The number of aromatic nitrogens is 3. The highest BCUT2D eigenvalue weighted by atomic mass is 19.3. The second-order valence-electron chi connectivity index (χ2n) is 10.7. The van der Waals surface area contributed by atoms with Gasteiger partial charge in [-0.3, -0.25) is 9.69 Å². The molecule has 2 bridgehead atoms. The minimum atomic E-state index is -5.05. The van der Waals surface area contributed by atoms with E-state index >= 15 is 0 Å². The fourth-order valence-electron chi connectivity index (χ4n) is 6.12. The second kappa shape index (κ2) is 10.8. The number of nitrogens with zero attached hydrogens (tertiary/aromatic N) is 4. The van der Waals surface area contributed by atoms with E-state index < -0.39 is 49.3 Å². The van der Waals surface area contributed by atoms with Crippen LogP contribution in [0.1, 0.15) is 118 Å². The molecular formula is C29H41F2N5O. The molecule has 2 saturated heterocycles. The van der Waals surface area contributed by atoms with Crippen molar-refractivity contribution in [3.63, 3.8) is 0 Å². The molecule has 5 rings (SSSR count). The molecule has 3 aliphatic rings. The topological polar surface area (TPSA) is 63.1 Å². The number of rotatable bonds is 8. The maximum atomic E-state index is 14.9. The molecule has 3 unspecified atom stereocenters. The zero-order valence-electron chi connectivity index (χ0n) is 29.5. The first-order valence-electron chi connectivity index (χ1n) is 17.2. The zero-order chi connectivity index (χ0) is 33.3. The Bertz CT molecular complexity index is 1360. The lowest BCUT2D eigenvalue weighted by molar-refractivity contribution is -0.130. The van der Waals surface area contributed by atoms with Crippen LogP contribution in [0, 0.1) is 12.8 Å². The van der Waals surface area contributed by atoms with E-state index in [1.54, 1.807) is 30.3 Å². The Morgan fingerprint density at radius 3 is 2.38 bits per heavy atom. The van der Waals surface area contributed by atoms with Crippen molar-refractivity contribution in [3.05, 3.63) is 47.5 Å². The number of carbonyl (C=O) groups excluding carboxylic acids is 1. The number of aryl methyl sites for hydroxylation is 1. The number of carbonyl (C=O) groups is 1. The van der Waals surface area contributed by atoms with Crippen molar-refractivity contribution < 1.29 is 24.5 Å². The molecule has 8 heteroatoms. The minimum absolute atomic E-state index is 0.232. The lowest BCUT2D eigenvalue weighted by Gasteiger charge is -2.40. The van der Waals surface area contributed by atoms with Crippen molar-refractivity contribution in [1.29, 1.82) is 0 Å². The van der Waals surface area contributed by atoms with Crippen LogP contribution in [0.5, 0.6) is 0 Å². The molecular weight excluding hydrogens is 472 g/mol. The van der Waals surface area contributed by atoms with Gasteiger partial charge < -0.3 is 9.88 Å². The molecule has 0 spiro atoms. The molecule has 0 radical (unpaired) electrons. The average molecular weight is 522 g/mol. The van der Waals surface area contributed by atoms with Gasteiger partial charge in [-0.1, -0.05) is 44.2 Å². The highest BCUT2D eigenvalue weighted by Crippen LogP contribution is 2.42. The number of alkyl halides is 2. The standard InChI is InChI=1S/C29H41F2N5O/c1-19(2)27-34-33-20(3)36(27)25-17-23-9-10-24(18-25)35(23)16-13-26(21-7-5-4-6-8-21)32-28(37)22-11-14-29(30,31)15-12-22/h4-8,19,22-26H,9-18H2,1-3H3,(H,32,37)/i11D2,12D2,14D2,15D2. The van der Waals surface area contributed by atoms with Crippen LogP contribution in [0.2, 0.25) is 0 Å². The monoisotopic (exact) mass is 521 g/mol. The van der Waals surface area contributed by atoms with Crippen LogP contribution >= 0.6 is 0 Å². The van der Waals surface area contributed by atoms with Gasteiger partial charge in [0, 0.05) is 60.2 Å². The molecule has 37 heavy (non-hydrogen) atoms. The summed E-state index contributed by atoms with van der Waals surface area (Å²) in [5.41, 5.74) is 0.628. The fraction of sp³-hybridized carbons (Fsp3) is 0.690. The van der Waals surface area contributed by atoms with E-state index in [0.717, 1.165) is 37.3 Å². The van der Waals surface area contributed by atoms with Crippen molar-refractivity contribution >= 4 is 5.91 Å². The van der Waals surface area contributed by atoms with Gasteiger partial charge in [0.15, 0.2) is 0 Å². The number of amides is 1. The third-order valence-corrected chi connectivity index (χ3v) is 7.84. The lowest BCUT2D eigenvalue weighted by Crippen LogP contribution is -2.45. The van der Waals surface area contributed by atoms with E-state index in [0.29, 0.717) is 18.5 Å². The fourth-order valence-corrected chi connectivity index (χ4v) is 6.12. The van der Waals surface area contributed by atoms with Crippen molar-refractivity contribution in [1.82, 2.24) is 25.0 Å². The summed E-state index contributed by atoms with van der Waals surface area (Å²) < 4.78 is 96.5. The number of hydrogen-bond acceptors (Lipinski definition) is 4. The Labute approximate surface area is 230 Å². The third kappa shape index (κ3) is 5.74. The summed E-state index contributed by atoms with van der Waals surface area (Å²) >= 11 is 0. The van der Waals surface area contributed by atoms with Gasteiger partial charge in [0.05, 0.1) is 6.04 Å². The summed E-state index contributed by atoms with van der Waals surface area (Å²) in [5, 5.41) is 11.3. The zero-order valence-corrected chi connectivity index (χ0v) is 21.5. The molecule has 3 atom stereocenters. The molecule has 1 saturated carbocycles. The summed E-state index contributed by atoms with van der Waals surface area (Å²) in [6.45, 7) is 6.71. The largest absolute Gasteiger partial charge is 0.349 e. The van der Waals surface area contributed by atoms with Gasteiger partial charge in [-0.15, -0.1) is 10.2 Å². The summed E-state index contributed by atoms with van der Waals surface area (Å²) in [4.78, 5) is 16.1. The third-order valence-electron chi connectivity index (χ3n) is 7.84. The van der Waals surface area contributed by atoms with Gasteiger partial charge >= 0.3 is 0 Å². The smallest absolute Gasteiger partial charge is 0.248 e. The van der Waals surface area contributed by atoms with Crippen molar-refractivity contribution in [2.45, 2.75) is 114 Å². The number of halogens is 2. The highest BCUT2D eigenvalue weighted by molar-refractivity contribution is 5.79. The summed E-state index contributed by atoms with van der Waals surface area (Å²) in [6.07, 6.45) is -11.6. The summed E-state index contributed by atoms with van der Waals surface area (Å²) in [7, 11) is 0. The molecule has 1 aliphatic carbocycles. The summed E-state index contributed by atoms with van der Waals surface area (Å²) in [6, 6.07) is 8.76. The molecule has 1 aromatic carbocycles. The van der Waals surface area contributed by atoms with Crippen LogP contribution in [-0.2, 0) is 4.79 Å². The molecule has 2 aromatic rings. The van der Waals surface area contributed by atoms with Crippen LogP contribution in [0.25, 0.3) is 0 Å². The van der Waals surface area contributed by atoms with E-state index in [9.17, 15) is 13.6 Å². The Morgan fingerprint density at radius 2 is 1.76 bits per heavy atom. The lowest BCUT2D eigenvalue weighted by atomic mass is 9.86. The summed E-state index contributed by atoms with van der Waals surface area (Å²) in [5.74, 6) is -7.00. The number of piperidine rings is 1.